The monoisotopic (exact) mass is 200 g/mol. The number of aromatic hydroxyl groups is 2. The highest BCUT2D eigenvalue weighted by atomic mass is 16.6. The second-order valence-corrected chi connectivity index (χ2v) is 2.42. The van der Waals surface area contributed by atoms with Crippen LogP contribution in [0.2, 0.25) is 0 Å². The van der Waals surface area contributed by atoms with Crippen molar-refractivity contribution in [1.29, 1.82) is 0 Å². The Morgan fingerprint density at radius 1 is 1.29 bits per heavy atom. The first kappa shape index (κ1) is 10.1. The Hall–Kier alpha value is -1.95. The van der Waals surface area contributed by atoms with E-state index in [2.05, 4.69) is 4.74 Å². The van der Waals surface area contributed by atoms with E-state index in [1.165, 1.54) is 0 Å². The van der Waals surface area contributed by atoms with Crippen LogP contribution in [0.4, 0.5) is 0 Å². The van der Waals surface area contributed by atoms with Gasteiger partial charge in [-0.3, -0.25) is 0 Å². The van der Waals surface area contributed by atoms with E-state index < -0.39 is 29.8 Å². The summed E-state index contributed by atoms with van der Waals surface area (Å²) in [5.74, 6) is -2.56. The molecule has 1 aromatic rings. The molecule has 0 saturated heterocycles. The van der Waals surface area contributed by atoms with Gasteiger partial charge in [-0.15, -0.1) is 0 Å². The number of hydrogen-bond donors (Lipinski definition) is 4. The van der Waals surface area contributed by atoms with Gasteiger partial charge in [-0.25, -0.2) is 4.79 Å². The average molecular weight is 200 g/mol. The van der Waals surface area contributed by atoms with Crippen molar-refractivity contribution in [2.45, 2.75) is 0 Å². The first-order chi connectivity index (χ1) is 6.56. The number of phenolic OH excluding ortho intramolecular Hbond substituents is 1. The van der Waals surface area contributed by atoms with Gasteiger partial charge >= 0.3 is 5.97 Å². The van der Waals surface area contributed by atoms with E-state index in [0.29, 0.717) is 0 Å². The summed E-state index contributed by atoms with van der Waals surface area (Å²) in [6.45, 7) is -0.681. The lowest BCUT2D eigenvalue weighted by atomic mass is 10.2. The van der Waals surface area contributed by atoms with Gasteiger partial charge in [0.05, 0.1) is 0 Å². The van der Waals surface area contributed by atoms with Crippen LogP contribution in [0.1, 0.15) is 10.4 Å². The smallest absolute Gasteiger partial charge is 0.339 e. The molecule has 0 aliphatic carbocycles. The number of carboxylic acid groups (broad SMARTS) is 1. The molecule has 0 saturated carbocycles. The predicted octanol–water partition coefficient (Wildman–Crippen LogP) is 0.125. The van der Waals surface area contributed by atoms with E-state index >= 15 is 0 Å². The van der Waals surface area contributed by atoms with Crippen LogP contribution >= 0.6 is 0 Å². The van der Waals surface area contributed by atoms with Crippen LogP contribution in [0.25, 0.3) is 0 Å². The highest BCUT2D eigenvalue weighted by molar-refractivity contribution is 5.91. The van der Waals surface area contributed by atoms with Gasteiger partial charge in [0, 0.05) is 12.1 Å². The average Bonchev–Trinajstić information content (AvgIpc) is 2.10. The van der Waals surface area contributed by atoms with E-state index in [1.54, 1.807) is 0 Å². The lowest BCUT2D eigenvalue weighted by molar-refractivity contribution is 0.0692. The molecule has 1 rings (SSSR count). The first-order valence-corrected chi connectivity index (χ1v) is 3.59. The van der Waals surface area contributed by atoms with Gasteiger partial charge in [0.15, 0.2) is 18.3 Å². The number of benzene rings is 1. The maximum atomic E-state index is 10.5. The normalized spacial score (nSPS) is 9.79. The minimum atomic E-state index is -1.37. The van der Waals surface area contributed by atoms with Gasteiger partial charge in [-0.05, 0) is 0 Å². The van der Waals surface area contributed by atoms with E-state index in [-0.39, 0.29) is 5.75 Å². The third-order valence-electron chi connectivity index (χ3n) is 1.53. The lowest BCUT2D eigenvalue weighted by Crippen LogP contribution is -1.99. The molecule has 4 N–H and O–H groups in total. The molecule has 0 radical (unpaired) electrons. The zero-order chi connectivity index (χ0) is 10.7. The molecule has 0 heterocycles. The Labute approximate surface area is 78.6 Å². The number of aliphatic hydroxyl groups excluding tert-OH is 1. The molecule has 0 unspecified atom stereocenters. The number of rotatable bonds is 3. The molecule has 0 aliphatic heterocycles. The molecule has 0 spiro atoms. The number of carbonyl (C=O) groups is 1. The van der Waals surface area contributed by atoms with Gasteiger partial charge in [0.25, 0.3) is 0 Å². The number of aliphatic hydroxyl groups is 1. The molecule has 0 aliphatic rings. The quantitative estimate of drug-likeness (QED) is 0.408. The fourth-order valence-electron chi connectivity index (χ4n) is 0.914. The SMILES string of the molecule is O=C(O)c1cc(O)c(OCO)cc1O. The summed E-state index contributed by atoms with van der Waals surface area (Å²) in [7, 11) is 0. The topological polar surface area (TPSA) is 107 Å². The summed E-state index contributed by atoms with van der Waals surface area (Å²) in [5.41, 5.74) is -0.437. The van der Waals surface area contributed by atoms with Crippen LogP contribution in [0.5, 0.6) is 17.2 Å². The van der Waals surface area contributed by atoms with Crippen LogP contribution in [0, 0.1) is 0 Å². The standard InChI is InChI=1S/C8H8O6/c9-3-14-7-2-5(10)4(8(12)13)1-6(7)11/h1-2,9-11H,3H2,(H,12,13). The predicted molar refractivity (Wildman–Crippen MR) is 44.4 cm³/mol. The summed E-state index contributed by atoms with van der Waals surface area (Å²) in [6, 6.07) is 1.75. The molecule has 0 amide bonds. The molecule has 1 aromatic carbocycles. The van der Waals surface area contributed by atoms with Crippen molar-refractivity contribution in [2.24, 2.45) is 0 Å². The van der Waals surface area contributed by atoms with Crippen molar-refractivity contribution in [2.75, 3.05) is 6.79 Å². The fourth-order valence-corrected chi connectivity index (χ4v) is 0.914. The molecule has 76 valence electrons. The Morgan fingerprint density at radius 3 is 2.43 bits per heavy atom. The summed E-state index contributed by atoms with van der Waals surface area (Å²) in [6.07, 6.45) is 0. The maximum Gasteiger partial charge on any atom is 0.339 e. The van der Waals surface area contributed by atoms with Gasteiger partial charge < -0.3 is 25.2 Å². The third kappa shape index (κ3) is 1.86. The second-order valence-electron chi connectivity index (χ2n) is 2.42. The zero-order valence-corrected chi connectivity index (χ0v) is 6.97. The van der Waals surface area contributed by atoms with Crippen LogP contribution in [-0.4, -0.2) is 33.2 Å². The summed E-state index contributed by atoms with van der Waals surface area (Å²) < 4.78 is 4.50. The minimum absolute atomic E-state index is 0.185. The van der Waals surface area contributed by atoms with Crippen molar-refractivity contribution >= 4 is 5.97 Å². The Morgan fingerprint density at radius 2 is 1.93 bits per heavy atom. The largest absolute Gasteiger partial charge is 0.507 e. The molecule has 0 atom stereocenters. The number of ether oxygens (including phenoxy) is 1. The minimum Gasteiger partial charge on any atom is -0.507 e. The fraction of sp³-hybridized carbons (Fsp3) is 0.125. The van der Waals surface area contributed by atoms with Crippen molar-refractivity contribution in [3.05, 3.63) is 17.7 Å². The van der Waals surface area contributed by atoms with Crippen molar-refractivity contribution in [3.8, 4) is 17.2 Å². The number of phenols is 2. The summed E-state index contributed by atoms with van der Waals surface area (Å²) in [5, 5.41) is 35.3. The van der Waals surface area contributed by atoms with E-state index in [0.717, 1.165) is 12.1 Å². The van der Waals surface area contributed by atoms with Crippen molar-refractivity contribution < 1.29 is 30.0 Å². The van der Waals surface area contributed by atoms with Crippen molar-refractivity contribution in [1.82, 2.24) is 0 Å². The molecule has 0 bridgehead atoms. The van der Waals surface area contributed by atoms with Gasteiger partial charge in [0.1, 0.15) is 11.3 Å². The molecule has 6 nitrogen and oxygen atoms in total. The lowest BCUT2D eigenvalue weighted by Gasteiger charge is -2.07. The highest BCUT2D eigenvalue weighted by Gasteiger charge is 2.14. The first-order valence-electron chi connectivity index (χ1n) is 3.59. The highest BCUT2D eigenvalue weighted by Crippen LogP contribution is 2.33. The van der Waals surface area contributed by atoms with Crippen LogP contribution in [-0.2, 0) is 0 Å². The zero-order valence-electron chi connectivity index (χ0n) is 6.97. The van der Waals surface area contributed by atoms with Crippen LogP contribution in [0.3, 0.4) is 0 Å². The Kier molecular flexibility index (Phi) is 2.78. The maximum absolute atomic E-state index is 10.5. The van der Waals surface area contributed by atoms with E-state index in [4.69, 9.17) is 15.3 Å². The number of hydrogen-bond acceptors (Lipinski definition) is 5. The molecule has 0 fully saturated rings. The third-order valence-corrected chi connectivity index (χ3v) is 1.53. The van der Waals surface area contributed by atoms with Gasteiger partial charge in [-0.1, -0.05) is 0 Å². The molecular formula is C8H8O6. The summed E-state index contributed by atoms with van der Waals surface area (Å²) in [4.78, 5) is 10.5. The van der Waals surface area contributed by atoms with Crippen LogP contribution in [0.15, 0.2) is 12.1 Å². The van der Waals surface area contributed by atoms with Crippen LogP contribution < -0.4 is 4.74 Å². The van der Waals surface area contributed by atoms with Gasteiger partial charge in [-0.2, -0.15) is 0 Å². The molecule has 0 aromatic heterocycles. The number of aromatic carboxylic acids is 1. The second kappa shape index (κ2) is 3.84. The van der Waals surface area contributed by atoms with E-state index in [1.807, 2.05) is 0 Å². The summed E-state index contributed by atoms with van der Waals surface area (Å²) >= 11 is 0. The molecule has 14 heavy (non-hydrogen) atoms. The Balaban J connectivity index is 3.17. The molecular weight excluding hydrogens is 192 g/mol. The van der Waals surface area contributed by atoms with Crippen molar-refractivity contribution in [3.63, 3.8) is 0 Å². The Bertz CT molecular complexity index is 359. The van der Waals surface area contributed by atoms with E-state index in [9.17, 15) is 9.90 Å². The van der Waals surface area contributed by atoms with Gasteiger partial charge in [0.2, 0.25) is 0 Å². The number of carboxylic acids is 1. The molecule has 6 heteroatoms.